The van der Waals surface area contributed by atoms with Crippen LogP contribution in [0.3, 0.4) is 0 Å². The summed E-state index contributed by atoms with van der Waals surface area (Å²) in [6.07, 6.45) is 1.73. The summed E-state index contributed by atoms with van der Waals surface area (Å²) in [5, 5.41) is 3.00. The number of amides is 1. The Morgan fingerprint density at radius 2 is 1.59 bits per heavy atom. The minimum Gasteiger partial charge on any atom is -0.353 e. The average Bonchev–Trinajstić information content (AvgIpc) is 2.48. The van der Waals surface area contributed by atoms with Gasteiger partial charge < -0.3 is 5.32 Å². The zero-order valence-electron chi connectivity index (χ0n) is 13.7. The number of benzene rings is 1. The molecule has 0 saturated heterocycles. The SMILES string of the molecule is CC(C)NC(=O)C(c1ccc(C(C)C)cc1)c1ccccn1. The quantitative estimate of drug-likeness (QED) is 0.910. The van der Waals surface area contributed by atoms with Crippen LogP contribution in [0.4, 0.5) is 0 Å². The summed E-state index contributed by atoms with van der Waals surface area (Å²) >= 11 is 0. The van der Waals surface area contributed by atoms with Gasteiger partial charge in [-0.15, -0.1) is 0 Å². The van der Waals surface area contributed by atoms with Gasteiger partial charge in [0.25, 0.3) is 0 Å². The Kier molecular flexibility index (Phi) is 5.31. The first kappa shape index (κ1) is 16.2. The lowest BCUT2D eigenvalue weighted by Crippen LogP contribution is -2.35. The molecule has 0 bridgehead atoms. The summed E-state index contributed by atoms with van der Waals surface area (Å²) in [6, 6.07) is 14.1. The molecule has 116 valence electrons. The summed E-state index contributed by atoms with van der Waals surface area (Å²) in [7, 11) is 0. The molecule has 1 unspecified atom stereocenters. The molecule has 0 saturated carbocycles. The standard InChI is InChI=1S/C19H24N2O/c1-13(2)15-8-10-16(11-9-15)18(19(22)21-14(3)4)17-7-5-6-12-20-17/h5-14,18H,1-4H3,(H,21,22). The van der Waals surface area contributed by atoms with Crippen LogP contribution in [-0.4, -0.2) is 16.9 Å². The van der Waals surface area contributed by atoms with E-state index >= 15 is 0 Å². The topological polar surface area (TPSA) is 42.0 Å². The maximum atomic E-state index is 12.6. The Labute approximate surface area is 132 Å². The first-order valence-corrected chi connectivity index (χ1v) is 7.80. The van der Waals surface area contributed by atoms with E-state index in [0.717, 1.165) is 11.3 Å². The normalized spacial score (nSPS) is 12.5. The lowest BCUT2D eigenvalue weighted by Gasteiger charge is -2.19. The second kappa shape index (κ2) is 7.21. The van der Waals surface area contributed by atoms with Gasteiger partial charge in [0.15, 0.2) is 0 Å². The molecule has 1 heterocycles. The molecule has 3 nitrogen and oxygen atoms in total. The van der Waals surface area contributed by atoms with E-state index in [-0.39, 0.29) is 17.9 Å². The van der Waals surface area contributed by atoms with Crippen molar-refractivity contribution >= 4 is 5.91 Å². The summed E-state index contributed by atoms with van der Waals surface area (Å²) in [4.78, 5) is 17.0. The van der Waals surface area contributed by atoms with Gasteiger partial charge in [-0.1, -0.05) is 44.2 Å². The fourth-order valence-corrected chi connectivity index (χ4v) is 2.44. The highest BCUT2D eigenvalue weighted by Crippen LogP contribution is 2.25. The third kappa shape index (κ3) is 3.94. The minimum absolute atomic E-state index is 0.00834. The van der Waals surface area contributed by atoms with Crippen molar-refractivity contribution in [1.82, 2.24) is 10.3 Å². The first-order valence-electron chi connectivity index (χ1n) is 7.80. The van der Waals surface area contributed by atoms with Gasteiger partial charge in [0, 0.05) is 12.2 Å². The van der Waals surface area contributed by atoms with Crippen molar-refractivity contribution in [1.29, 1.82) is 0 Å². The maximum absolute atomic E-state index is 12.6. The van der Waals surface area contributed by atoms with E-state index in [9.17, 15) is 4.79 Å². The molecule has 2 rings (SSSR count). The molecule has 0 fully saturated rings. The number of nitrogens with zero attached hydrogens (tertiary/aromatic N) is 1. The maximum Gasteiger partial charge on any atom is 0.233 e. The Morgan fingerprint density at radius 3 is 2.09 bits per heavy atom. The highest BCUT2D eigenvalue weighted by molar-refractivity contribution is 5.86. The smallest absolute Gasteiger partial charge is 0.233 e. The zero-order valence-corrected chi connectivity index (χ0v) is 13.7. The molecular formula is C19H24N2O. The van der Waals surface area contributed by atoms with E-state index in [1.54, 1.807) is 6.20 Å². The number of pyridine rings is 1. The van der Waals surface area contributed by atoms with Crippen LogP contribution in [0.25, 0.3) is 0 Å². The fourth-order valence-electron chi connectivity index (χ4n) is 2.44. The molecule has 0 spiro atoms. The van der Waals surface area contributed by atoms with Gasteiger partial charge >= 0.3 is 0 Å². The molecule has 1 amide bonds. The van der Waals surface area contributed by atoms with Crippen LogP contribution < -0.4 is 5.32 Å². The molecule has 0 aliphatic heterocycles. The Balaban J connectivity index is 2.37. The Morgan fingerprint density at radius 1 is 0.955 bits per heavy atom. The highest BCUT2D eigenvalue weighted by atomic mass is 16.1. The molecule has 3 heteroatoms. The van der Waals surface area contributed by atoms with Gasteiger partial charge in [-0.25, -0.2) is 0 Å². The van der Waals surface area contributed by atoms with Crippen LogP contribution in [0.15, 0.2) is 48.7 Å². The molecule has 0 aliphatic carbocycles. The molecular weight excluding hydrogens is 272 g/mol. The number of hydrogen-bond donors (Lipinski definition) is 1. The van der Waals surface area contributed by atoms with Crippen molar-refractivity contribution in [3.05, 3.63) is 65.5 Å². The summed E-state index contributed by atoms with van der Waals surface area (Å²) < 4.78 is 0. The van der Waals surface area contributed by atoms with Crippen molar-refractivity contribution in [3.8, 4) is 0 Å². The molecule has 0 aliphatic rings. The molecule has 22 heavy (non-hydrogen) atoms. The Hall–Kier alpha value is -2.16. The number of carbonyl (C=O) groups excluding carboxylic acids is 1. The zero-order chi connectivity index (χ0) is 16.1. The minimum atomic E-state index is -0.371. The van der Waals surface area contributed by atoms with E-state index in [1.165, 1.54) is 5.56 Å². The monoisotopic (exact) mass is 296 g/mol. The van der Waals surface area contributed by atoms with Crippen LogP contribution in [0.2, 0.25) is 0 Å². The predicted octanol–water partition coefficient (Wildman–Crippen LogP) is 3.86. The van der Waals surface area contributed by atoms with Crippen LogP contribution >= 0.6 is 0 Å². The number of carbonyl (C=O) groups is 1. The molecule has 2 aromatic rings. The summed E-state index contributed by atoms with van der Waals surface area (Å²) in [6.45, 7) is 8.26. The summed E-state index contributed by atoms with van der Waals surface area (Å²) in [5.41, 5.74) is 3.02. The first-order chi connectivity index (χ1) is 10.5. The van der Waals surface area contributed by atoms with Crippen molar-refractivity contribution in [2.24, 2.45) is 0 Å². The van der Waals surface area contributed by atoms with Gasteiger partial charge in [0.05, 0.1) is 5.69 Å². The van der Waals surface area contributed by atoms with E-state index in [1.807, 2.05) is 44.2 Å². The number of aromatic nitrogens is 1. The van der Waals surface area contributed by atoms with E-state index in [0.29, 0.717) is 5.92 Å². The fraction of sp³-hybridized carbons (Fsp3) is 0.368. The summed E-state index contributed by atoms with van der Waals surface area (Å²) in [5.74, 6) is 0.0997. The Bertz CT molecular complexity index is 603. The van der Waals surface area contributed by atoms with Crippen LogP contribution in [-0.2, 0) is 4.79 Å². The van der Waals surface area contributed by atoms with E-state index < -0.39 is 0 Å². The third-order valence-electron chi connectivity index (χ3n) is 3.61. The molecule has 1 atom stereocenters. The van der Waals surface area contributed by atoms with E-state index in [2.05, 4.69) is 36.3 Å². The van der Waals surface area contributed by atoms with Gasteiger partial charge in [-0.3, -0.25) is 9.78 Å². The van der Waals surface area contributed by atoms with Crippen molar-refractivity contribution < 1.29 is 4.79 Å². The van der Waals surface area contributed by atoms with Gasteiger partial charge in [-0.05, 0) is 43.0 Å². The lowest BCUT2D eigenvalue weighted by atomic mass is 9.91. The van der Waals surface area contributed by atoms with E-state index in [4.69, 9.17) is 0 Å². The third-order valence-corrected chi connectivity index (χ3v) is 3.61. The van der Waals surface area contributed by atoms with Gasteiger partial charge in [0.2, 0.25) is 5.91 Å². The molecule has 0 radical (unpaired) electrons. The van der Waals surface area contributed by atoms with Gasteiger partial charge in [-0.2, -0.15) is 0 Å². The van der Waals surface area contributed by atoms with Crippen molar-refractivity contribution in [3.63, 3.8) is 0 Å². The second-order valence-electron chi connectivity index (χ2n) is 6.17. The van der Waals surface area contributed by atoms with Crippen LogP contribution in [0.1, 0.15) is 56.4 Å². The van der Waals surface area contributed by atoms with Crippen molar-refractivity contribution in [2.75, 3.05) is 0 Å². The van der Waals surface area contributed by atoms with Crippen LogP contribution in [0, 0.1) is 0 Å². The molecule has 1 aromatic heterocycles. The second-order valence-corrected chi connectivity index (χ2v) is 6.17. The molecule has 1 aromatic carbocycles. The number of nitrogens with one attached hydrogen (secondary N) is 1. The largest absolute Gasteiger partial charge is 0.353 e. The highest BCUT2D eigenvalue weighted by Gasteiger charge is 2.24. The molecule has 1 N–H and O–H groups in total. The van der Waals surface area contributed by atoms with Crippen molar-refractivity contribution in [2.45, 2.75) is 45.6 Å². The predicted molar refractivity (Wildman–Crippen MR) is 89.9 cm³/mol. The lowest BCUT2D eigenvalue weighted by molar-refractivity contribution is -0.122. The van der Waals surface area contributed by atoms with Gasteiger partial charge in [0.1, 0.15) is 5.92 Å². The number of hydrogen-bond acceptors (Lipinski definition) is 2. The number of rotatable bonds is 5. The van der Waals surface area contributed by atoms with Crippen LogP contribution in [0.5, 0.6) is 0 Å². The average molecular weight is 296 g/mol.